The van der Waals surface area contributed by atoms with Gasteiger partial charge >= 0.3 is 24.0 Å². The molecule has 10 nitrogen and oxygen atoms in total. The number of piperidine rings is 1. The number of anilines is 1. The third-order valence-corrected chi connectivity index (χ3v) is 7.04. The van der Waals surface area contributed by atoms with Gasteiger partial charge in [-0.15, -0.1) is 0 Å². The number of nitrogens with one attached hydrogen (secondary N) is 2. The first-order valence-electron chi connectivity index (χ1n) is 14.2. The van der Waals surface area contributed by atoms with Gasteiger partial charge in [-0.2, -0.15) is 22.0 Å². The summed E-state index contributed by atoms with van der Waals surface area (Å²) in [7, 11) is 0. The molecular formula is C30H29ClF7N3O7. The summed E-state index contributed by atoms with van der Waals surface area (Å²) >= 11 is 5.74. The number of benzene rings is 2. The van der Waals surface area contributed by atoms with Crippen LogP contribution in [0.4, 0.5) is 36.4 Å². The molecule has 0 aliphatic carbocycles. The average molecular weight is 712 g/mol. The molecule has 0 spiro atoms. The van der Waals surface area contributed by atoms with Gasteiger partial charge in [0.2, 0.25) is 17.5 Å². The van der Waals surface area contributed by atoms with E-state index in [0.717, 1.165) is 17.0 Å². The maximum Gasteiger partial charge on any atom is 0.418 e. The SMILES string of the molecule is CC(C)(C)OC(=O)C[C@H](NC(=O)C1CCN(C(=O)C(=O)Nc2cc(Cl)ccc2C(F)(F)F)CC1)C(=O)COc1c(F)c(F)cc(F)c1F. The van der Waals surface area contributed by atoms with E-state index in [1.54, 1.807) is 0 Å². The summed E-state index contributed by atoms with van der Waals surface area (Å²) in [5, 5.41) is 4.08. The van der Waals surface area contributed by atoms with Gasteiger partial charge in [0.1, 0.15) is 18.2 Å². The maximum absolute atomic E-state index is 14.0. The van der Waals surface area contributed by atoms with Crippen LogP contribution >= 0.6 is 11.6 Å². The minimum absolute atomic E-state index is 0.0703. The molecule has 0 aromatic heterocycles. The average Bonchev–Trinajstić information content (AvgIpc) is 2.97. The summed E-state index contributed by atoms with van der Waals surface area (Å²) in [5.74, 6) is -15.3. The summed E-state index contributed by atoms with van der Waals surface area (Å²) in [6.45, 7) is 2.93. The van der Waals surface area contributed by atoms with Crippen LogP contribution in [-0.2, 0) is 34.9 Å². The number of carbonyl (C=O) groups is 5. The van der Waals surface area contributed by atoms with Crippen molar-refractivity contribution in [2.45, 2.75) is 57.9 Å². The van der Waals surface area contributed by atoms with Gasteiger partial charge in [-0.1, -0.05) is 11.6 Å². The largest absolute Gasteiger partial charge is 0.479 e. The Kier molecular flexibility index (Phi) is 12.1. The van der Waals surface area contributed by atoms with Gasteiger partial charge in [0.15, 0.2) is 23.2 Å². The molecule has 0 bridgehead atoms. The number of nitrogens with zero attached hydrogens (tertiary/aromatic N) is 1. The number of likely N-dealkylation sites (tertiary alicyclic amines) is 1. The van der Waals surface area contributed by atoms with Crippen molar-refractivity contribution in [2.24, 2.45) is 5.92 Å². The number of ketones is 1. The normalized spacial score (nSPS) is 14.6. The third kappa shape index (κ3) is 10.0. The molecule has 1 fully saturated rings. The van der Waals surface area contributed by atoms with Crippen molar-refractivity contribution in [1.82, 2.24) is 10.2 Å². The van der Waals surface area contributed by atoms with Gasteiger partial charge in [0.05, 0.1) is 17.7 Å². The number of Topliss-reactive ketones (excluding diaryl/α,β-unsaturated/α-hetero) is 1. The summed E-state index contributed by atoms with van der Waals surface area (Å²) in [6, 6.07) is 0.663. The Labute approximate surface area is 273 Å². The van der Waals surface area contributed by atoms with E-state index in [9.17, 15) is 54.7 Å². The first-order valence-corrected chi connectivity index (χ1v) is 14.5. The molecule has 3 amide bonds. The van der Waals surface area contributed by atoms with E-state index in [1.165, 1.54) is 20.8 Å². The van der Waals surface area contributed by atoms with Crippen LogP contribution in [0.1, 0.15) is 45.6 Å². The highest BCUT2D eigenvalue weighted by Crippen LogP contribution is 2.36. The van der Waals surface area contributed by atoms with E-state index in [-0.39, 0.29) is 37.0 Å². The highest BCUT2D eigenvalue weighted by molar-refractivity contribution is 6.40. The van der Waals surface area contributed by atoms with Gasteiger partial charge in [0.25, 0.3) is 0 Å². The Morgan fingerprint density at radius 3 is 2.08 bits per heavy atom. The smallest absolute Gasteiger partial charge is 0.418 e. The number of esters is 1. The van der Waals surface area contributed by atoms with E-state index in [0.29, 0.717) is 6.07 Å². The zero-order valence-corrected chi connectivity index (χ0v) is 26.3. The Morgan fingerprint density at radius 1 is 0.958 bits per heavy atom. The monoisotopic (exact) mass is 711 g/mol. The molecule has 1 heterocycles. The first-order chi connectivity index (χ1) is 22.2. The van der Waals surface area contributed by atoms with Crippen LogP contribution in [0.2, 0.25) is 5.02 Å². The van der Waals surface area contributed by atoms with Crippen molar-refractivity contribution >= 4 is 46.8 Å². The van der Waals surface area contributed by atoms with Crippen molar-refractivity contribution in [2.75, 3.05) is 25.0 Å². The van der Waals surface area contributed by atoms with Crippen molar-refractivity contribution in [3.05, 3.63) is 58.1 Å². The molecule has 1 saturated heterocycles. The molecule has 1 aliphatic heterocycles. The van der Waals surface area contributed by atoms with Crippen LogP contribution in [0, 0.1) is 29.2 Å². The number of hydrogen-bond acceptors (Lipinski definition) is 7. The van der Waals surface area contributed by atoms with Gasteiger partial charge in [-0.05, 0) is 51.8 Å². The molecule has 0 unspecified atom stereocenters. The van der Waals surface area contributed by atoms with Crippen LogP contribution in [0.25, 0.3) is 0 Å². The Morgan fingerprint density at radius 2 is 1.54 bits per heavy atom. The van der Waals surface area contributed by atoms with Gasteiger partial charge in [-0.3, -0.25) is 24.0 Å². The van der Waals surface area contributed by atoms with E-state index in [4.69, 9.17) is 16.3 Å². The minimum Gasteiger partial charge on any atom is -0.479 e. The predicted octanol–water partition coefficient (Wildman–Crippen LogP) is 4.96. The third-order valence-electron chi connectivity index (χ3n) is 6.81. The van der Waals surface area contributed by atoms with Crippen molar-refractivity contribution in [1.29, 1.82) is 0 Å². The maximum atomic E-state index is 14.0. The van der Waals surface area contributed by atoms with E-state index >= 15 is 0 Å². The zero-order valence-electron chi connectivity index (χ0n) is 25.5. The van der Waals surface area contributed by atoms with E-state index in [1.807, 2.05) is 5.32 Å². The van der Waals surface area contributed by atoms with Crippen LogP contribution in [0.5, 0.6) is 5.75 Å². The first kappa shape index (κ1) is 38.0. The molecule has 0 radical (unpaired) electrons. The molecule has 1 aliphatic rings. The second kappa shape index (κ2) is 15.2. The molecule has 1 atom stereocenters. The van der Waals surface area contributed by atoms with Crippen LogP contribution in [-0.4, -0.2) is 65.7 Å². The standard InChI is InChI=1S/C30H29ClF7N3O7/c1-29(2,3)48-22(43)12-20(21(42)13-47-25-23(34)17(32)11-18(33)24(25)35)40-26(44)14-6-8-41(9-7-14)28(46)27(45)39-19-10-15(31)4-5-16(19)30(36,37)38/h4-5,10-11,14,20H,6-9,12-13H2,1-3H3,(H,39,45)(H,40,44)/t20-/m0/s1. The fourth-order valence-electron chi connectivity index (χ4n) is 4.54. The number of ether oxygens (including phenoxy) is 2. The Bertz CT molecular complexity index is 1560. The molecule has 2 N–H and O–H groups in total. The van der Waals surface area contributed by atoms with E-state index in [2.05, 4.69) is 10.1 Å². The highest BCUT2D eigenvalue weighted by Gasteiger charge is 2.37. The van der Waals surface area contributed by atoms with Crippen LogP contribution in [0.3, 0.4) is 0 Å². The molecule has 2 aromatic carbocycles. The van der Waals surface area contributed by atoms with Crippen molar-refractivity contribution in [3.8, 4) is 5.75 Å². The van der Waals surface area contributed by atoms with Gasteiger partial charge in [0, 0.05) is 30.1 Å². The topological polar surface area (TPSA) is 131 Å². The fraction of sp³-hybridized carbons (Fsp3) is 0.433. The minimum atomic E-state index is -4.86. The number of halogens is 8. The Balaban J connectivity index is 1.66. The quantitative estimate of drug-likeness (QED) is 0.163. The number of amides is 3. The van der Waals surface area contributed by atoms with E-state index < -0.39 is 107 Å². The summed E-state index contributed by atoms with van der Waals surface area (Å²) in [5.41, 5.74) is -2.98. The van der Waals surface area contributed by atoms with Gasteiger partial charge in [-0.25, -0.2) is 8.78 Å². The van der Waals surface area contributed by atoms with Crippen molar-refractivity contribution in [3.63, 3.8) is 0 Å². The second-order valence-corrected chi connectivity index (χ2v) is 12.0. The summed E-state index contributed by atoms with van der Waals surface area (Å²) < 4.78 is 105. The molecule has 2 aromatic rings. The molecule has 48 heavy (non-hydrogen) atoms. The molecular weight excluding hydrogens is 683 g/mol. The molecule has 262 valence electrons. The molecule has 18 heteroatoms. The lowest BCUT2D eigenvalue weighted by molar-refractivity contribution is -0.156. The number of alkyl halides is 3. The fourth-order valence-corrected chi connectivity index (χ4v) is 4.71. The predicted molar refractivity (Wildman–Crippen MR) is 154 cm³/mol. The lowest BCUT2D eigenvalue weighted by Crippen LogP contribution is -2.50. The summed E-state index contributed by atoms with van der Waals surface area (Å²) in [6.07, 6.45) is -5.80. The number of hydrogen-bond donors (Lipinski definition) is 2. The number of carbonyl (C=O) groups excluding carboxylic acids is 5. The zero-order chi connectivity index (χ0) is 36.1. The second-order valence-electron chi connectivity index (χ2n) is 11.6. The lowest BCUT2D eigenvalue weighted by Gasteiger charge is -2.31. The van der Waals surface area contributed by atoms with Crippen LogP contribution in [0.15, 0.2) is 24.3 Å². The lowest BCUT2D eigenvalue weighted by atomic mass is 9.95. The van der Waals surface area contributed by atoms with Gasteiger partial charge < -0.3 is 25.0 Å². The summed E-state index contributed by atoms with van der Waals surface area (Å²) in [4.78, 5) is 64.7. The molecule has 0 saturated carbocycles. The molecule has 3 rings (SSSR count). The number of rotatable bonds is 9. The highest BCUT2D eigenvalue weighted by atomic mass is 35.5. The van der Waals surface area contributed by atoms with Crippen molar-refractivity contribution < 1.29 is 64.2 Å². The van der Waals surface area contributed by atoms with Crippen LogP contribution < -0.4 is 15.4 Å². The Hall–Kier alpha value is -4.41.